The summed E-state index contributed by atoms with van der Waals surface area (Å²) in [6.07, 6.45) is 0. The van der Waals surface area contributed by atoms with E-state index in [2.05, 4.69) is 0 Å². The second-order valence-electron chi connectivity index (χ2n) is 5.19. The molecule has 7 heteroatoms. The minimum Gasteiger partial charge on any atom is -0.438 e. The average Bonchev–Trinajstić information content (AvgIpc) is 2.86. The van der Waals surface area contributed by atoms with Crippen LogP contribution in [-0.2, 0) is 9.59 Å². The van der Waals surface area contributed by atoms with Gasteiger partial charge in [-0.1, -0.05) is 12.1 Å². The number of para-hydroxylation sites is 2. The molecule has 0 spiro atoms. The van der Waals surface area contributed by atoms with Crippen LogP contribution in [-0.4, -0.2) is 47.8 Å². The number of carbonyl (C=O) groups excluding carboxylic acids is 3. The number of amides is 4. The highest BCUT2D eigenvalue weighted by atomic mass is 16.5. The SMILES string of the molecule is CCN1C(=O)C(=C2Oc3ccccc3N2C)C(=O)N(CC)C1=O. The predicted molar refractivity (Wildman–Crippen MR) is 82.7 cm³/mol. The summed E-state index contributed by atoms with van der Waals surface area (Å²) in [5.41, 5.74) is 0.644. The van der Waals surface area contributed by atoms with E-state index in [1.54, 1.807) is 31.9 Å². The molecule has 23 heavy (non-hydrogen) atoms. The van der Waals surface area contributed by atoms with E-state index in [4.69, 9.17) is 4.74 Å². The standard InChI is InChI=1S/C16H17N3O4/c1-4-18-13(20)12(14(21)19(5-2)16(18)22)15-17(3)10-8-6-7-9-11(10)23-15/h6-9H,4-5H2,1-3H3. The van der Waals surface area contributed by atoms with Crippen LogP contribution < -0.4 is 9.64 Å². The van der Waals surface area contributed by atoms with Crippen molar-refractivity contribution in [3.05, 3.63) is 35.7 Å². The van der Waals surface area contributed by atoms with Crippen molar-refractivity contribution >= 4 is 23.5 Å². The lowest BCUT2D eigenvalue weighted by molar-refractivity contribution is -0.136. The zero-order valence-electron chi connectivity index (χ0n) is 13.2. The minimum atomic E-state index is -0.623. The van der Waals surface area contributed by atoms with Gasteiger partial charge in [-0.3, -0.25) is 19.4 Å². The van der Waals surface area contributed by atoms with Crippen molar-refractivity contribution in [2.24, 2.45) is 0 Å². The topological polar surface area (TPSA) is 70.2 Å². The van der Waals surface area contributed by atoms with Crippen LogP contribution in [0.4, 0.5) is 10.5 Å². The highest BCUT2D eigenvalue weighted by Crippen LogP contribution is 2.39. The molecule has 0 N–H and O–H groups in total. The number of hydrogen-bond acceptors (Lipinski definition) is 5. The number of carbonyl (C=O) groups is 3. The van der Waals surface area contributed by atoms with Crippen molar-refractivity contribution in [2.45, 2.75) is 13.8 Å². The fourth-order valence-electron chi connectivity index (χ4n) is 2.74. The Kier molecular flexibility index (Phi) is 3.55. The summed E-state index contributed by atoms with van der Waals surface area (Å²) in [6.45, 7) is 3.76. The number of fused-ring (bicyclic) bond motifs is 1. The molecule has 7 nitrogen and oxygen atoms in total. The first kappa shape index (κ1) is 15.1. The van der Waals surface area contributed by atoms with Crippen LogP contribution in [0.15, 0.2) is 35.7 Å². The van der Waals surface area contributed by atoms with Crippen LogP contribution in [0.2, 0.25) is 0 Å². The third-order valence-electron chi connectivity index (χ3n) is 3.96. The largest absolute Gasteiger partial charge is 0.438 e. The Morgan fingerprint density at radius 1 is 0.957 bits per heavy atom. The molecule has 2 aliphatic rings. The van der Waals surface area contributed by atoms with Gasteiger partial charge in [0.25, 0.3) is 11.8 Å². The van der Waals surface area contributed by atoms with E-state index in [1.807, 2.05) is 18.2 Å². The van der Waals surface area contributed by atoms with Crippen LogP contribution >= 0.6 is 0 Å². The number of ether oxygens (including phenoxy) is 1. The van der Waals surface area contributed by atoms with Crippen LogP contribution in [0.1, 0.15) is 13.8 Å². The number of nitrogens with zero attached hydrogens (tertiary/aromatic N) is 3. The molecular formula is C16H17N3O4. The van der Waals surface area contributed by atoms with Crippen LogP contribution in [0.25, 0.3) is 0 Å². The molecular weight excluding hydrogens is 298 g/mol. The summed E-state index contributed by atoms with van der Waals surface area (Å²) >= 11 is 0. The molecule has 0 aromatic heterocycles. The molecule has 0 saturated carbocycles. The molecule has 1 aromatic rings. The molecule has 1 aromatic carbocycles. The van der Waals surface area contributed by atoms with Crippen molar-refractivity contribution < 1.29 is 19.1 Å². The fourth-order valence-corrected chi connectivity index (χ4v) is 2.74. The summed E-state index contributed by atoms with van der Waals surface area (Å²) in [6, 6.07) is 6.66. The van der Waals surface area contributed by atoms with Gasteiger partial charge < -0.3 is 9.64 Å². The first-order chi connectivity index (χ1) is 11.0. The van der Waals surface area contributed by atoms with Crippen LogP contribution in [0, 0.1) is 0 Å². The third kappa shape index (κ3) is 2.08. The van der Waals surface area contributed by atoms with E-state index < -0.39 is 17.8 Å². The van der Waals surface area contributed by atoms with E-state index in [1.165, 1.54) is 0 Å². The normalized spacial score (nSPS) is 17.9. The number of benzene rings is 1. The summed E-state index contributed by atoms with van der Waals surface area (Å²) < 4.78 is 5.72. The van der Waals surface area contributed by atoms with E-state index in [0.29, 0.717) is 5.75 Å². The van der Waals surface area contributed by atoms with Gasteiger partial charge in [0.15, 0.2) is 11.3 Å². The van der Waals surface area contributed by atoms with E-state index in [-0.39, 0.29) is 24.5 Å². The quantitative estimate of drug-likeness (QED) is 0.612. The Bertz CT molecular complexity index is 713. The molecule has 0 atom stereocenters. The van der Waals surface area contributed by atoms with Gasteiger partial charge in [-0.15, -0.1) is 0 Å². The molecule has 3 rings (SSSR count). The van der Waals surface area contributed by atoms with Gasteiger partial charge in [0.05, 0.1) is 5.69 Å². The van der Waals surface area contributed by atoms with Crippen molar-refractivity contribution in [3.63, 3.8) is 0 Å². The summed E-state index contributed by atoms with van der Waals surface area (Å²) in [4.78, 5) is 41.2. The number of rotatable bonds is 2. The lowest BCUT2D eigenvalue weighted by Gasteiger charge is -2.33. The van der Waals surface area contributed by atoms with Crippen molar-refractivity contribution in [2.75, 3.05) is 25.0 Å². The second kappa shape index (κ2) is 5.42. The maximum Gasteiger partial charge on any atom is 0.333 e. The first-order valence-corrected chi connectivity index (χ1v) is 7.43. The lowest BCUT2D eigenvalue weighted by Crippen LogP contribution is -2.57. The van der Waals surface area contributed by atoms with E-state index in [9.17, 15) is 14.4 Å². The third-order valence-corrected chi connectivity index (χ3v) is 3.96. The van der Waals surface area contributed by atoms with E-state index in [0.717, 1.165) is 15.5 Å². The number of anilines is 1. The van der Waals surface area contributed by atoms with Crippen molar-refractivity contribution in [1.82, 2.24) is 9.80 Å². The first-order valence-electron chi connectivity index (χ1n) is 7.43. The molecule has 0 aliphatic carbocycles. The van der Waals surface area contributed by atoms with Gasteiger partial charge in [-0.05, 0) is 26.0 Å². The van der Waals surface area contributed by atoms with E-state index >= 15 is 0 Å². The molecule has 120 valence electrons. The lowest BCUT2D eigenvalue weighted by atomic mass is 10.1. The second-order valence-corrected chi connectivity index (χ2v) is 5.19. The number of urea groups is 1. The Morgan fingerprint density at radius 2 is 1.52 bits per heavy atom. The van der Waals surface area contributed by atoms with Gasteiger partial charge >= 0.3 is 6.03 Å². The number of barbiturate groups is 1. The van der Waals surface area contributed by atoms with Gasteiger partial charge in [0.2, 0.25) is 5.88 Å². The smallest absolute Gasteiger partial charge is 0.333 e. The molecule has 0 unspecified atom stereocenters. The maximum absolute atomic E-state index is 12.6. The number of imide groups is 2. The summed E-state index contributed by atoms with van der Waals surface area (Å²) in [7, 11) is 1.72. The molecule has 0 bridgehead atoms. The Hall–Kier alpha value is -2.83. The molecule has 4 amide bonds. The predicted octanol–water partition coefficient (Wildman–Crippen LogP) is 1.56. The Labute approximate surface area is 133 Å². The van der Waals surface area contributed by atoms with Gasteiger partial charge in [0, 0.05) is 20.1 Å². The zero-order valence-corrected chi connectivity index (χ0v) is 13.2. The molecule has 2 aliphatic heterocycles. The Balaban J connectivity index is 2.12. The molecule has 1 saturated heterocycles. The van der Waals surface area contributed by atoms with Gasteiger partial charge in [-0.25, -0.2) is 4.79 Å². The summed E-state index contributed by atoms with van der Waals surface area (Å²) in [5.74, 6) is -0.518. The zero-order chi connectivity index (χ0) is 16.7. The molecule has 2 heterocycles. The van der Waals surface area contributed by atoms with Crippen LogP contribution in [0.3, 0.4) is 0 Å². The Morgan fingerprint density at radius 3 is 2.04 bits per heavy atom. The minimum absolute atomic E-state index is 0.119. The number of likely N-dealkylation sites (N-methyl/N-ethyl adjacent to an activating group) is 2. The molecule has 0 radical (unpaired) electrons. The van der Waals surface area contributed by atoms with Crippen molar-refractivity contribution in [3.8, 4) is 5.75 Å². The molecule has 1 fully saturated rings. The maximum atomic E-state index is 12.6. The summed E-state index contributed by atoms with van der Waals surface area (Å²) in [5, 5.41) is 0. The number of hydrogen-bond donors (Lipinski definition) is 0. The van der Waals surface area contributed by atoms with Gasteiger partial charge in [0.1, 0.15) is 0 Å². The highest BCUT2D eigenvalue weighted by molar-refractivity contribution is 6.29. The van der Waals surface area contributed by atoms with Gasteiger partial charge in [-0.2, -0.15) is 0 Å². The fraction of sp³-hybridized carbons (Fsp3) is 0.312. The monoisotopic (exact) mass is 315 g/mol. The average molecular weight is 315 g/mol. The van der Waals surface area contributed by atoms with Crippen molar-refractivity contribution in [1.29, 1.82) is 0 Å². The van der Waals surface area contributed by atoms with Crippen LogP contribution in [0.5, 0.6) is 5.75 Å². The highest BCUT2D eigenvalue weighted by Gasteiger charge is 2.45.